The molecular weight excluding hydrogens is 202 g/mol. The van der Waals surface area contributed by atoms with Gasteiger partial charge >= 0.3 is 5.97 Å². The molecule has 3 nitrogen and oxygen atoms in total. The number of hydrogen-bond donors (Lipinski definition) is 1. The largest absolute Gasteiger partial charge is 0.469 e. The average molecular weight is 225 g/mol. The summed E-state index contributed by atoms with van der Waals surface area (Å²) in [5, 5.41) is 3.47. The second-order valence-corrected chi connectivity index (χ2v) is 5.21. The summed E-state index contributed by atoms with van der Waals surface area (Å²) in [6, 6.07) is 0.677. The van der Waals surface area contributed by atoms with Gasteiger partial charge in [0.05, 0.1) is 13.0 Å². The highest BCUT2D eigenvalue weighted by Gasteiger charge is 2.32. The summed E-state index contributed by atoms with van der Waals surface area (Å²) in [6.45, 7) is 0.821. The molecule has 0 aromatic heterocycles. The summed E-state index contributed by atoms with van der Waals surface area (Å²) in [5.74, 6) is 0.624. The predicted octanol–water partition coefficient (Wildman–Crippen LogP) is 2.11. The minimum atomic E-state index is -0.0138. The molecule has 0 amide bonds. The molecule has 1 atom stereocenters. The van der Waals surface area contributed by atoms with Crippen LogP contribution in [0.2, 0.25) is 0 Å². The van der Waals surface area contributed by atoms with E-state index in [4.69, 9.17) is 4.74 Å². The molecule has 2 saturated carbocycles. The Bertz CT molecular complexity index is 232. The molecule has 2 aliphatic carbocycles. The Morgan fingerprint density at radius 2 is 1.94 bits per heavy atom. The fourth-order valence-corrected chi connectivity index (χ4v) is 2.71. The van der Waals surface area contributed by atoms with Crippen LogP contribution in [0.25, 0.3) is 0 Å². The fraction of sp³-hybridized carbons (Fsp3) is 0.923. The maximum absolute atomic E-state index is 11.8. The maximum atomic E-state index is 11.8. The van der Waals surface area contributed by atoms with Gasteiger partial charge in [-0.3, -0.25) is 4.79 Å². The summed E-state index contributed by atoms with van der Waals surface area (Å²) < 4.78 is 4.94. The van der Waals surface area contributed by atoms with Gasteiger partial charge in [0, 0.05) is 12.6 Å². The van der Waals surface area contributed by atoms with Gasteiger partial charge in [0.15, 0.2) is 0 Å². The lowest BCUT2D eigenvalue weighted by Crippen LogP contribution is -2.36. The van der Waals surface area contributed by atoms with Gasteiger partial charge in [-0.1, -0.05) is 19.3 Å². The summed E-state index contributed by atoms with van der Waals surface area (Å²) in [5.41, 5.74) is 0. The molecule has 1 N–H and O–H groups in total. The lowest BCUT2D eigenvalue weighted by molar-refractivity contribution is -0.147. The Morgan fingerprint density at radius 3 is 2.50 bits per heavy atom. The third kappa shape index (κ3) is 3.21. The van der Waals surface area contributed by atoms with Gasteiger partial charge in [0.2, 0.25) is 0 Å². The highest BCUT2D eigenvalue weighted by atomic mass is 16.5. The van der Waals surface area contributed by atoms with Crippen molar-refractivity contribution >= 4 is 5.97 Å². The number of rotatable bonds is 5. The summed E-state index contributed by atoms with van der Waals surface area (Å²) >= 11 is 0. The fourth-order valence-electron chi connectivity index (χ4n) is 2.71. The molecule has 16 heavy (non-hydrogen) atoms. The van der Waals surface area contributed by atoms with Gasteiger partial charge in [-0.25, -0.2) is 0 Å². The van der Waals surface area contributed by atoms with E-state index in [2.05, 4.69) is 5.32 Å². The molecule has 0 bridgehead atoms. The van der Waals surface area contributed by atoms with E-state index >= 15 is 0 Å². The van der Waals surface area contributed by atoms with Crippen molar-refractivity contribution in [2.75, 3.05) is 13.7 Å². The van der Waals surface area contributed by atoms with Crippen molar-refractivity contribution in [3.05, 3.63) is 0 Å². The van der Waals surface area contributed by atoms with Crippen LogP contribution in [0.4, 0.5) is 0 Å². The van der Waals surface area contributed by atoms with Gasteiger partial charge in [0.1, 0.15) is 0 Å². The van der Waals surface area contributed by atoms with Crippen LogP contribution in [0.3, 0.4) is 0 Å². The van der Waals surface area contributed by atoms with Crippen LogP contribution in [-0.4, -0.2) is 25.7 Å². The monoisotopic (exact) mass is 225 g/mol. The Kier molecular flexibility index (Phi) is 4.22. The molecule has 0 heterocycles. The standard InChI is InChI=1S/C13H23NO2/c1-16-13(15)12(9-14-11-7-8-11)10-5-3-2-4-6-10/h10-12,14H,2-9H2,1H3. The Morgan fingerprint density at radius 1 is 1.25 bits per heavy atom. The lowest BCUT2D eigenvalue weighted by atomic mass is 9.80. The summed E-state index contributed by atoms with van der Waals surface area (Å²) in [6.07, 6.45) is 8.85. The number of nitrogens with one attached hydrogen (secondary N) is 1. The average Bonchev–Trinajstić information content (AvgIpc) is 3.14. The van der Waals surface area contributed by atoms with Crippen LogP contribution in [0.1, 0.15) is 44.9 Å². The summed E-state index contributed by atoms with van der Waals surface area (Å²) in [4.78, 5) is 11.8. The first kappa shape index (κ1) is 11.9. The Balaban J connectivity index is 1.85. The van der Waals surface area contributed by atoms with E-state index in [0.29, 0.717) is 12.0 Å². The lowest BCUT2D eigenvalue weighted by Gasteiger charge is -2.28. The molecule has 92 valence electrons. The minimum absolute atomic E-state index is 0.0138. The van der Waals surface area contributed by atoms with Crippen molar-refractivity contribution in [1.82, 2.24) is 5.32 Å². The highest BCUT2D eigenvalue weighted by molar-refractivity contribution is 5.72. The van der Waals surface area contributed by atoms with Crippen molar-refractivity contribution in [2.45, 2.75) is 51.0 Å². The molecule has 2 fully saturated rings. The molecule has 0 aliphatic heterocycles. The van der Waals surface area contributed by atoms with Crippen molar-refractivity contribution < 1.29 is 9.53 Å². The van der Waals surface area contributed by atoms with Crippen LogP contribution in [0, 0.1) is 11.8 Å². The SMILES string of the molecule is COC(=O)C(CNC1CC1)C1CCCCC1. The first-order valence-electron chi connectivity index (χ1n) is 6.62. The van der Waals surface area contributed by atoms with E-state index < -0.39 is 0 Å². The zero-order valence-corrected chi connectivity index (χ0v) is 10.2. The minimum Gasteiger partial charge on any atom is -0.469 e. The topological polar surface area (TPSA) is 38.3 Å². The number of methoxy groups -OCH3 is 1. The van der Waals surface area contributed by atoms with Crippen molar-refractivity contribution in [3.8, 4) is 0 Å². The molecular formula is C13H23NO2. The first-order valence-corrected chi connectivity index (χ1v) is 6.62. The van der Waals surface area contributed by atoms with Crippen LogP contribution < -0.4 is 5.32 Å². The van der Waals surface area contributed by atoms with Crippen LogP contribution in [-0.2, 0) is 9.53 Å². The quantitative estimate of drug-likeness (QED) is 0.728. The van der Waals surface area contributed by atoms with Gasteiger partial charge in [-0.15, -0.1) is 0 Å². The second-order valence-electron chi connectivity index (χ2n) is 5.21. The first-order chi connectivity index (χ1) is 7.81. The van der Waals surface area contributed by atoms with Gasteiger partial charge in [0.25, 0.3) is 0 Å². The van der Waals surface area contributed by atoms with Gasteiger partial charge in [-0.2, -0.15) is 0 Å². The summed E-state index contributed by atoms with van der Waals surface area (Å²) in [7, 11) is 1.51. The van der Waals surface area contributed by atoms with Crippen LogP contribution >= 0.6 is 0 Å². The normalized spacial score (nSPS) is 24.1. The third-order valence-electron chi connectivity index (χ3n) is 3.93. The number of carbonyl (C=O) groups is 1. The molecule has 2 rings (SSSR count). The molecule has 1 unspecified atom stereocenters. The molecule has 0 radical (unpaired) electrons. The number of ether oxygens (including phenoxy) is 1. The molecule has 0 aromatic carbocycles. The highest BCUT2D eigenvalue weighted by Crippen LogP contribution is 2.31. The predicted molar refractivity (Wildman–Crippen MR) is 63.1 cm³/mol. The van der Waals surface area contributed by atoms with Gasteiger partial charge in [-0.05, 0) is 31.6 Å². The van der Waals surface area contributed by atoms with E-state index in [0.717, 1.165) is 6.54 Å². The Labute approximate surface area is 97.9 Å². The molecule has 0 saturated heterocycles. The van der Waals surface area contributed by atoms with Crippen molar-refractivity contribution in [3.63, 3.8) is 0 Å². The van der Waals surface area contributed by atoms with E-state index in [1.165, 1.54) is 52.1 Å². The number of carbonyl (C=O) groups excluding carboxylic acids is 1. The van der Waals surface area contributed by atoms with Crippen molar-refractivity contribution in [2.24, 2.45) is 11.8 Å². The zero-order valence-electron chi connectivity index (χ0n) is 10.2. The molecule has 0 aromatic rings. The van der Waals surface area contributed by atoms with E-state index in [1.807, 2.05) is 0 Å². The zero-order chi connectivity index (χ0) is 11.4. The van der Waals surface area contributed by atoms with Crippen LogP contribution in [0.5, 0.6) is 0 Å². The second kappa shape index (κ2) is 5.67. The van der Waals surface area contributed by atoms with E-state index in [-0.39, 0.29) is 11.9 Å². The van der Waals surface area contributed by atoms with Gasteiger partial charge < -0.3 is 10.1 Å². The van der Waals surface area contributed by atoms with E-state index in [9.17, 15) is 4.79 Å². The number of hydrogen-bond acceptors (Lipinski definition) is 3. The molecule has 2 aliphatic rings. The number of esters is 1. The molecule has 3 heteroatoms. The Hall–Kier alpha value is -0.570. The third-order valence-corrected chi connectivity index (χ3v) is 3.93. The molecule has 0 spiro atoms. The van der Waals surface area contributed by atoms with E-state index in [1.54, 1.807) is 0 Å². The van der Waals surface area contributed by atoms with Crippen LogP contribution in [0.15, 0.2) is 0 Å². The maximum Gasteiger partial charge on any atom is 0.310 e. The van der Waals surface area contributed by atoms with Crippen molar-refractivity contribution in [1.29, 1.82) is 0 Å². The smallest absolute Gasteiger partial charge is 0.310 e.